The molecule has 0 unspecified atom stereocenters. The summed E-state index contributed by atoms with van der Waals surface area (Å²) in [6.45, 7) is 0.601. The highest BCUT2D eigenvalue weighted by molar-refractivity contribution is 7.89. The monoisotopic (exact) mass is 317 g/mol. The van der Waals surface area contributed by atoms with Crippen molar-refractivity contribution in [1.82, 2.24) is 9.71 Å². The fourth-order valence-corrected chi connectivity index (χ4v) is 2.94. The summed E-state index contributed by atoms with van der Waals surface area (Å²) in [5.41, 5.74) is -1.14. The molecule has 1 aliphatic rings. The Morgan fingerprint density at radius 1 is 1.43 bits per heavy atom. The molecule has 2 N–H and O–H groups in total. The molecule has 2 heterocycles. The third kappa shape index (κ3) is 3.94. The molecule has 1 aromatic rings. The summed E-state index contributed by atoms with van der Waals surface area (Å²) >= 11 is 0. The Morgan fingerprint density at radius 2 is 2.10 bits per heavy atom. The molecule has 1 aliphatic heterocycles. The van der Waals surface area contributed by atoms with E-state index < -0.39 is 26.4 Å². The van der Waals surface area contributed by atoms with Crippen LogP contribution in [-0.2, 0) is 14.8 Å². The van der Waals surface area contributed by atoms with E-state index in [2.05, 4.69) is 9.71 Å². The standard InChI is InChI=1S/C11H15N3O6S/c15-11(3-5-20-6-4-11)8-13-21(18,19)9-1-2-10(12-7-9)14(16)17/h1-2,7,13,15H,3-6,8H2. The topological polar surface area (TPSA) is 132 Å². The largest absolute Gasteiger partial charge is 0.388 e. The molecule has 9 nitrogen and oxygen atoms in total. The molecule has 1 saturated heterocycles. The maximum atomic E-state index is 12.0. The van der Waals surface area contributed by atoms with Gasteiger partial charge in [0, 0.05) is 38.7 Å². The number of rotatable bonds is 5. The summed E-state index contributed by atoms with van der Waals surface area (Å²) in [6.07, 6.45) is 1.59. The number of nitro groups is 1. The number of pyridine rings is 1. The van der Waals surface area contributed by atoms with Gasteiger partial charge in [0.1, 0.15) is 4.90 Å². The number of sulfonamides is 1. The van der Waals surface area contributed by atoms with Crippen LogP contribution in [-0.4, -0.2) is 48.8 Å². The lowest BCUT2D eigenvalue weighted by molar-refractivity contribution is -0.389. The predicted molar refractivity (Wildman–Crippen MR) is 71.1 cm³/mol. The molecule has 0 atom stereocenters. The maximum absolute atomic E-state index is 12.0. The molecule has 0 aromatic carbocycles. The van der Waals surface area contributed by atoms with Crippen LogP contribution in [0.2, 0.25) is 0 Å². The van der Waals surface area contributed by atoms with Gasteiger partial charge < -0.3 is 20.0 Å². The zero-order valence-electron chi connectivity index (χ0n) is 11.1. The average Bonchev–Trinajstić information content (AvgIpc) is 2.46. The van der Waals surface area contributed by atoms with Crippen molar-refractivity contribution in [3.05, 3.63) is 28.4 Å². The summed E-state index contributed by atoms with van der Waals surface area (Å²) < 4.78 is 31.5. The van der Waals surface area contributed by atoms with Crippen LogP contribution in [0.25, 0.3) is 0 Å². The minimum Gasteiger partial charge on any atom is -0.388 e. The Balaban J connectivity index is 2.05. The van der Waals surface area contributed by atoms with Crippen LogP contribution in [0.4, 0.5) is 5.82 Å². The van der Waals surface area contributed by atoms with Gasteiger partial charge in [-0.1, -0.05) is 0 Å². The second kappa shape index (κ2) is 6.02. The molecule has 0 amide bonds. The van der Waals surface area contributed by atoms with Gasteiger partial charge in [0.25, 0.3) is 0 Å². The van der Waals surface area contributed by atoms with Gasteiger partial charge in [-0.05, 0) is 16.0 Å². The molecule has 10 heteroatoms. The maximum Gasteiger partial charge on any atom is 0.363 e. The van der Waals surface area contributed by atoms with Crippen molar-refractivity contribution in [3.8, 4) is 0 Å². The first kappa shape index (κ1) is 15.8. The van der Waals surface area contributed by atoms with Crippen molar-refractivity contribution < 1.29 is 23.2 Å². The third-order valence-electron chi connectivity index (χ3n) is 3.23. The van der Waals surface area contributed by atoms with Gasteiger partial charge in [-0.2, -0.15) is 0 Å². The summed E-state index contributed by atoms with van der Waals surface area (Å²) in [6, 6.07) is 2.11. The van der Waals surface area contributed by atoms with Crippen molar-refractivity contribution in [2.45, 2.75) is 23.3 Å². The molecule has 1 aromatic heterocycles. The fourth-order valence-electron chi connectivity index (χ4n) is 1.88. The number of aliphatic hydroxyl groups is 1. The van der Waals surface area contributed by atoms with Crippen LogP contribution in [0.3, 0.4) is 0 Å². The zero-order valence-corrected chi connectivity index (χ0v) is 11.9. The van der Waals surface area contributed by atoms with Gasteiger partial charge in [-0.3, -0.25) is 0 Å². The van der Waals surface area contributed by atoms with E-state index in [-0.39, 0.29) is 11.4 Å². The molecular weight excluding hydrogens is 302 g/mol. The van der Waals surface area contributed by atoms with E-state index in [0.29, 0.717) is 26.1 Å². The summed E-state index contributed by atoms with van der Waals surface area (Å²) in [5, 5.41) is 20.7. The number of nitrogens with one attached hydrogen (secondary N) is 1. The van der Waals surface area contributed by atoms with Crippen LogP contribution in [0.15, 0.2) is 23.2 Å². The first-order valence-corrected chi connectivity index (χ1v) is 7.71. The normalized spacial score (nSPS) is 18.3. The molecule has 0 saturated carbocycles. The van der Waals surface area contributed by atoms with Gasteiger partial charge in [-0.25, -0.2) is 13.1 Å². The van der Waals surface area contributed by atoms with Crippen LogP contribution in [0.1, 0.15) is 12.8 Å². The molecule has 1 fully saturated rings. The Kier molecular flexibility index (Phi) is 4.52. The number of nitrogens with zero attached hydrogens (tertiary/aromatic N) is 2. The van der Waals surface area contributed by atoms with Crippen molar-refractivity contribution in [2.24, 2.45) is 0 Å². The second-order valence-corrected chi connectivity index (χ2v) is 6.54. The molecule has 0 bridgehead atoms. The second-order valence-electron chi connectivity index (χ2n) is 4.77. The highest BCUT2D eigenvalue weighted by atomic mass is 32.2. The highest BCUT2D eigenvalue weighted by Gasteiger charge is 2.31. The van der Waals surface area contributed by atoms with E-state index >= 15 is 0 Å². The van der Waals surface area contributed by atoms with Crippen molar-refractivity contribution in [2.75, 3.05) is 19.8 Å². The predicted octanol–water partition coefficient (Wildman–Crippen LogP) is -0.190. The zero-order chi connectivity index (χ0) is 15.5. The quantitative estimate of drug-likeness (QED) is 0.568. The lowest BCUT2D eigenvalue weighted by Crippen LogP contribution is -2.46. The number of ether oxygens (including phenoxy) is 1. The summed E-state index contributed by atoms with van der Waals surface area (Å²) in [4.78, 5) is 13.0. The lowest BCUT2D eigenvalue weighted by atomic mass is 9.95. The SMILES string of the molecule is O=[N+]([O-])c1ccc(S(=O)(=O)NCC2(O)CCOCC2)cn1. The van der Waals surface area contributed by atoms with E-state index in [1.54, 1.807) is 0 Å². The highest BCUT2D eigenvalue weighted by Crippen LogP contribution is 2.20. The van der Waals surface area contributed by atoms with E-state index in [9.17, 15) is 23.6 Å². The summed E-state index contributed by atoms with van der Waals surface area (Å²) in [7, 11) is -3.88. The Hall–Kier alpha value is -1.62. The molecular formula is C11H15N3O6S. The van der Waals surface area contributed by atoms with Crippen molar-refractivity contribution in [1.29, 1.82) is 0 Å². The van der Waals surface area contributed by atoms with Gasteiger partial charge in [0.2, 0.25) is 10.0 Å². The van der Waals surface area contributed by atoms with Gasteiger partial charge in [0.15, 0.2) is 6.20 Å². The number of hydrogen-bond acceptors (Lipinski definition) is 7. The molecule has 116 valence electrons. The minimum absolute atomic E-state index is 0.143. The summed E-state index contributed by atoms with van der Waals surface area (Å²) in [5.74, 6) is -0.433. The first-order valence-electron chi connectivity index (χ1n) is 6.23. The van der Waals surface area contributed by atoms with Crippen molar-refractivity contribution in [3.63, 3.8) is 0 Å². The number of aromatic nitrogens is 1. The molecule has 21 heavy (non-hydrogen) atoms. The van der Waals surface area contributed by atoms with E-state index in [1.165, 1.54) is 0 Å². The van der Waals surface area contributed by atoms with Crippen LogP contribution in [0.5, 0.6) is 0 Å². The van der Waals surface area contributed by atoms with E-state index in [0.717, 1.165) is 18.3 Å². The van der Waals surface area contributed by atoms with Crippen LogP contribution in [0, 0.1) is 10.1 Å². The Bertz CT molecular complexity index is 609. The lowest BCUT2D eigenvalue weighted by Gasteiger charge is -2.31. The Labute approximate surface area is 121 Å². The minimum atomic E-state index is -3.88. The first-order chi connectivity index (χ1) is 9.82. The van der Waals surface area contributed by atoms with Crippen LogP contribution >= 0.6 is 0 Å². The molecule has 2 rings (SSSR count). The molecule has 0 aliphatic carbocycles. The van der Waals surface area contributed by atoms with Gasteiger partial charge >= 0.3 is 5.82 Å². The smallest absolute Gasteiger partial charge is 0.363 e. The van der Waals surface area contributed by atoms with Crippen molar-refractivity contribution >= 4 is 15.8 Å². The molecule has 0 spiro atoms. The van der Waals surface area contributed by atoms with Gasteiger partial charge in [0.05, 0.1) is 5.60 Å². The molecule has 0 radical (unpaired) electrons. The third-order valence-corrected chi connectivity index (χ3v) is 4.62. The number of hydrogen-bond donors (Lipinski definition) is 2. The average molecular weight is 317 g/mol. The van der Waals surface area contributed by atoms with E-state index in [1.807, 2.05) is 0 Å². The fraction of sp³-hybridized carbons (Fsp3) is 0.545. The van der Waals surface area contributed by atoms with E-state index in [4.69, 9.17) is 4.74 Å². The van der Waals surface area contributed by atoms with Crippen LogP contribution < -0.4 is 4.72 Å². The Morgan fingerprint density at radius 3 is 2.62 bits per heavy atom. The van der Waals surface area contributed by atoms with Gasteiger partial charge in [-0.15, -0.1) is 0 Å².